The number of benzene rings is 1. The zero-order valence-corrected chi connectivity index (χ0v) is 20.5. The van der Waals surface area contributed by atoms with E-state index in [1.54, 1.807) is 0 Å². The smallest absolute Gasteiger partial charge is 0.132 e. The zero-order chi connectivity index (χ0) is 23.1. The quantitative estimate of drug-likeness (QED) is 0.573. The summed E-state index contributed by atoms with van der Waals surface area (Å²) < 4.78 is 19.6. The fraction of sp³-hybridized carbons (Fsp3) is 0.552. The number of hydrogen-bond acceptors (Lipinski definition) is 5. The molecule has 0 amide bonds. The predicted molar refractivity (Wildman–Crippen MR) is 132 cm³/mol. The fourth-order valence-electron chi connectivity index (χ4n) is 6.77. The van der Waals surface area contributed by atoms with Gasteiger partial charge in [0.1, 0.15) is 17.0 Å². The first-order chi connectivity index (χ1) is 16.5. The maximum Gasteiger partial charge on any atom is 0.132 e. The van der Waals surface area contributed by atoms with E-state index in [9.17, 15) is 0 Å². The lowest BCUT2D eigenvalue weighted by Crippen LogP contribution is -2.54. The van der Waals surface area contributed by atoms with E-state index in [4.69, 9.17) is 19.2 Å². The van der Waals surface area contributed by atoms with E-state index in [1.807, 2.05) is 0 Å². The van der Waals surface area contributed by atoms with Crippen molar-refractivity contribution in [1.29, 1.82) is 0 Å². The Morgan fingerprint density at radius 1 is 1.24 bits per heavy atom. The van der Waals surface area contributed by atoms with Crippen LogP contribution in [-0.2, 0) is 20.8 Å². The van der Waals surface area contributed by atoms with Crippen molar-refractivity contribution in [3.63, 3.8) is 0 Å². The maximum absolute atomic E-state index is 6.90. The lowest BCUT2D eigenvalue weighted by atomic mass is 9.69. The second-order valence-electron chi connectivity index (χ2n) is 11.2. The summed E-state index contributed by atoms with van der Waals surface area (Å²) in [4.78, 5) is 7.71. The van der Waals surface area contributed by atoms with Crippen LogP contribution in [0.4, 0.5) is 0 Å². The Balaban J connectivity index is 1.42. The van der Waals surface area contributed by atoms with Crippen molar-refractivity contribution in [2.24, 2.45) is 11.8 Å². The molecule has 3 fully saturated rings. The van der Waals surface area contributed by atoms with Crippen LogP contribution in [0.5, 0.6) is 0 Å². The molecule has 2 saturated heterocycles. The average Bonchev–Trinajstić information content (AvgIpc) is 3.73. The molecule has 1 spiro atoms. The standard InChI is InChI=1S/C29H34N2O3/c1-4-29(34-18(2)3)23-12-25-26-21(11-20-7-5-6-8-24(20)30-26)14-31(25)16-28(17-33-28)13-22(23)15-32-27(29)19-9-10-19/h5-8,11-12,18,22-23H,4,9-10,13-17H2,1-3H3/t22?,23?,28?,29-/m1/s1. The largest absolute Gasteiger partial charge is 0.495 e. The summed E-state index contributed by atoms with van der Waals surface area (Å²) in [6, 6.07) is 10.8. The lowest BCUT2D eigenvalue weighted by Gasteiger charge is -2.50. The molecule has 1 aliphatic carbocycles. The highest BCUT2D eigenvalue weighted by atomic mass is 16.6. The van der Waals surface area contributed by atoms with Gasteiger partial charge in [-0.1, -0.05) is 31.2 Å². The van der Waals surface area contributed by atoms with Gasteiger partial charge in [-0.2, -0.15) is 0 Å². The van der Waals surface area contributed by atoms with Gasteiger partial charge in [-0.15, -0.1) is 0 Å². The molecule has 1 aromatic heterocycles. The minimum atomic E-state index is -0.422. The Kier molecular flexibility index (Phi) is 4.51. The summed E-state index contributed by atoms with van der Waals surface area (Å²) in [5.41, 5.74) is 5.73. The number of fused-ring (bicyclic) bond motifs is 5. The van der Waals surface area contributed by atoms with Gasteiger partial charge in [-0.3, -0.25) is 0 Å². The van der Waals surface area contributed by atoms with Crippen molar-refractivity contribution in [3.05, 3.63) is 59.0 Å². The number of rotatable bonds is 3. The summed E-state index contributed by atoms with van der Waals surface area (Å²) in [6.07, 6.45) is 6.85. The Labute approximate surface area is 201 Å². The van der Waals surface area contributed by atoms with Crippen LogP contribution in [0.2, 0.25) is 0 Å². The first kappa shape index (κ1) is 21.0. The van der Waals surface area contributed by atoms with Crippen LogP contribution in [0.1, 0.15) is 57.7 Å². The average molecular weight is 459 g/mol. The van der Waals surface area contributed by atoms with E-state index < -0.39 is 5.60 Å². The first-order valence-corrected chi connectivity index (χ1v) is 13.0. The van der Waals surface area contributed by atoms with Crippen LogP contribution >= 0.6 is 0 Å². The number of pyridine rings is 1. The number of ether oxygens (including phenoxy) is 3. The van der Waals surface area contributed by atoms with Gasteiger partial charge in [0, 0.05) is 30.3 Å². The molecule has 4 atom stereocenters. The van der Waals surface area contributed by atoms with Gasteiger partial charge in [0.15, 0.2) is 0 Å². The molecule has 0 radical (unpaired) electrons. The van der Waals surface area contributed by atoms with Crippen LogP contribution in [0.3, 0.4) is 0 Å². The van der Waals surface area contributed by atoms with E-state index in [0.717, 1.165) is 69.0 Å². The summed E-state index contributed by atoms with van der Waals surface area (Å²) >= 11 is 0. The zero-order valence-electron chi connectivity index (χ0n) is 20.5. The van der Waals surface area contributed by atoms with Gasteiger partial charge in [-0.05, 0) is 62.8 Å². The lowest BCUT2D eigenvalue weighted by molar-refractivity contribution is -0.157. The van der Waals surface area contributed by atoms with Crippen LogP contribution in [-0.4, -0.2) is 46.9 Å². The minimum Gasteiger partial charge on any atom is -0.495 e. The predicted octanol–water partition coefficient (Wildman–Crippen LogP) is 5.45. The third kappa shape index (κ3) is 3.16. The van der Waals surface area contributed by atoms with E-state index >= 15 is 0 Å². The second-order valence-corrected chi connectivity index (χ2v) is 11.2. The molecular formula is C29H34N2O3. The highest BCUT2D eigenvalue weighted by molar-refractivity contribution is 5.83. The number of hydrogen-bond donors (Lipinski definition) is 0. The van der Waals surface area contributed by atoms with E-state index in [1.165, 1.54) is 22.2 Å². The molecular weight excluding hydrogens is 424 g/mol. The van der Waals surface area contributed by atoms with Gasteiger partial charge in [0.25, 0.3) is 0 Å². The molecule has 5 heteroatoms. The topological polar surface area (TPSA) is 47.1 Å². The molecule has 5 aliphatic rings. The van der Waals surface area contributed by atoms with Crippen LogP contribution in [0, 0.1) is 11.8 Å². The molecule has 2 aromatic rings. The van der Waals surface area contributed by atoms with E-state index in [0.29, 0.717) is 5.92 Å². The summed E-state index contributed by atoms with van der Waals surface area (Å²) in [5, 5.41) is 1.21. The number of nitrogens with zero attached hydrogens (tertiary/aromatic N) is 2. The van der Waals surface area contributed by atoms with Crippen molar-refractivity contribution in [2.45, 2.75) is 70.3 Å². The van der Waals surface area contributed by atoms with Gasteiger partial charge in [0.2, 0.25) is 0 Å². The molecule has 5 heterocycles. The summed E-state index contributed by atoms with van der Waals surface area (Å²) in [5.74, 6) is 1.72. The van der Waals surface area contributed by atoms with Gasteiger partial charge < -0.3 is 19.1 Å². The Morgan fingerprint density at radius 2 is 2.06 bits per heavy atom. The minimum absolute atomic E-state index is 0.0746. The fourth-order valence-corrected chi connectivity index (χ4v) is 6.77. The normalized spacial score (nSPS) is 33.8. The molecule has 1 aromatic carbocycles. The number of allylic oxidation sites excluding steroid dienone is 1. The third-order valence-corrected chi connectivity index (χ3v) is 8.42. The highest BCUT2D eigenvalue weighted by Gasteiger charge is 2.58. The molecule has 5 nitrogen and oxygen atoms in total. The van der Waals surface area contributed by atoms with Crippen LogP contribution in [0.15, 0.2) is 47.7 Å². The van der Waals surface area contributed by atoms with E-state index in [2.05, 4.69) is 62.1 Å². The summed E-state index contributed by atoms with van der Waals surface area (Å²) in [6.45, 7) is 9.99. The van der Waals surface area contributed by atoms with Crippen molar-refractivity contribution in [2.75, 3.05) is 19.8 Å². The molecule has 4 aliphatic heterocycles. The molecule has 0 bridgehead atoms. The van der Waals surface area contributed by atoms with Crippen molar-refractivity contribution in [1.82, 2.24) is 9.88 Å². The molecule has 7 rings (SSSR count). The molecule has 34 heavy (non-hydrogen) atoms. The van der Waals surface area contributed by atoms with E-state index in [-0.39, 0.29) is 17.6 Å². The monoisotopic (exact) mass is 458 g/mol. The summed E-state index contributed by atoms with van der Waals surface area (Å²) in [7, 11) is 0. The Morgan fingerprint density at radius 3 is 2.79 bits per heavy atom. The van der Waals surface area contributed by atoms with Gasteiger partial charge in [0.05, 0.1) is 36.2 Å². The van der Waals surface area contributed by atoms with Crippen molar-refractivity contribution >= 4 is 16.6 Å². The number of epoxide rings is 1. The highest BCUT2D eigenvalue weighted by Crippen LogP contribution is 2.55. The van der Waals surface area contributed by atoms with Gasteiger partial charge in [-0.25, -0.2) is 4.98 Å². The first-order valence-electron chi connectivity index (χ1n) is 13.0. The van der Waals surface area contributed by atoms with Crippen molar-refractivity contribution < 1.29 is 14.2 Å². The Bertz CT molecular complexity index is 1220. The molecule has 3 unspecified atom stereocenters. The maximum atomic E-state index is 6.90. The second kappa shape index (κ2) is 7.32. The SMILES string of the molecule is CC[C@]1(OC(C)C)C(=C2CC2)OCC2CC3(CO3)CN3Cc4cc5ccccc5nc4C3=CC21. The molecule has 1 saturated carbocycles. The number of aromatic nitrogens is 1. The van der Waals surface area contributed by atoms with Crippen molar-refractivity contribution in [3.8, 4) is 0 Å². The third-order valence-electron chi connectivity index (χ3n) is 8.42. The van der Waals surface area contributed by atoms with Crippen LogP contribution in [0.25, 0.3) is 16.6 Å². The molecule has 178 valence electrons. The Hall–Kier alpha value is -2.37. The van der Waals surface area contributed by atoms with Gasteiger partial charge >= 0.3 is 0 Å². The van der Waals surface area contributed by atoms with Crippen LogP contribution < -0.4 is 0 Å². The molecule has 0 N–H and O–H groups in total. The number of para-hydroxylation sites is 1.